The molecule has 1 aliphatic heterocycles. The lowest BCUT2D eigenvalue weighted by Crippen LogP contribution is -2.47. The number of benzene rings is 1. The van der Waals surface area contributed by atoms with E-state index in [4.69, 9.17) is 0 Å². The Labute approximate surface area is 217 Å². The third-order valence-electron chi connectivity index (χ3n) is 7.79. The van der Waals surface area contributed by atoms with Crippen LogP contribution in [0.5, 0.6) is 0 Å². The lowest BCUT2D eigenvalue weighted by molar-refractivity contribution is -0.138. The van der Waals surface area contributed by atoms with Crippen molar-refractivity contribution in [2.45, 2.75) is 57.7 Å². The number of fused-ring (bicyclic) bond motifs is 1. The van der Waals surface area contributed by atoms with Crippen LogP contribution in [-0.4, -0.2) is 51.5 Å². The molecule has 2 aliphatic rings. The van der Waals surface area contributed by atoms with E-state index in [2.05, 4.69) is 38.4 Å². The summed E-state index contributed by atoms with van der Waals surface area (Å²) in [6.45, 7) is 5.04. The zero-order chi connectivity index (χ0) is 25.9. The number of aromatic nitrogens is 2. The summed E-state index contributed by atoms with van der Waals surface area (Å²) < 4.78 is 3.82. The van der Waals surface area contributed by atoms with E-state index in [9.17, 15) is 14.4 Å². The van der Waals surface area contributed by atoms with Gasteiger partial charge in [0.25, 0.3) is 5.56 Å². The highest BCUT2D eigenvalue weighted by Crippen LogP contribution is 2.36. The van der Waals surface area contributed by atoms with Crippen molar-refractivity contribution in [2.24, 2.45) is 13.0 Å². The molecule has 196 valence electrons. The van der Waals surface area contributed by atoms with E-state index in [1.165, 1.54) is 12.3 Å². The van der Waals surface area contributed by atoms with Gasteiger partial charge in [-0.25, -0.2) is 0 Å². The number of para-hydroxylation sites is 1. The van der Waals surface area contributed by atoms with Crippen molar-refractivity contribution in [3.8, 4) is 0 Å². The van der Waals surface area contributed by atoms with Crippen molar-refractivity contribution in [1.82, 2.24) is 24.7 Å². The molecule has 5 rings (SSSR count). The minimum absolute atomic E-state index is 0.0111. The van der Waals surface area contributed by atoms with E-state index in [1.54, 1.807) is 23.9 Å². The number of rotatable bonds is 9. The van der Waals surface area contributed by atoms with Gasteiger partial charge in [-0.2, -0.15) is 0 Å². The second-order valence-corrected chi connectivity index (χ2v) is 10.5. The van der Waals surface area contributed by atoms with E-state index in [1.807, 2.05) is 18.2 Å². The Hall–Kier alpha value is -3.39. The Bertz CT molecular complexity index is 1340. The lowest BCUT2D eigenvalue weighted by Gasteiger charge is -2.35. The Kier molecular flexibility index (Phi) is 7.46. The summed E-state index contributed by atoms with van der Waals surface area (Å²) in [5.74, 6) is 0.0253. The number of carbonyl (C=O) groups excluding carboxylic acids is 2. The minimum atomic E-state index is -0.188. The highest BCUT2D eigenvalue weighted by atomic mass is 16.2. The number of aryl methyl sites for hydroxylation is 2. The van der Waals surface area contributed by atoms with Crippen LogP contribution in [-0.2, 0) is 29.7 Å². The lowest BCUT2D eigenvalue weighted by atomic mass is 9.80. The predicted molar refractivity (Wildman–Crippen MR) is 144 cm³/mol. The number of pyridine rings is 1. The SMILES string of the molecule is CC(=O)NCCCn1cc(CN(C(=O)[C@H]2CNCCC2c2ccn(C)c(=O)c2)C2CC2)c2ccccc21. The Balaban J connectivity index is 1.38. The molecule has 1 unspecified atom stereocenters. The maximum absolute atomic E-state index is 14.1. The molecule has 1 aliphatic carbocycles. The summed E-state index contributed by atoms with van der Waals surface area (Å²) in [4.78, 5) is 39.7. The molecule has 2 N–H and O–H groups in total. The number of nitrogens with one attached hydrogen (secondary N) is 2. The molecule has 8 nitrogen and oxygen atoms in total. The van der Waals surface area contributed by atoms with Gasteiger partial charge in [0.15, 0.2) is 0 Å². The van der Waals surface area contributed by atoms with Crippen molar-refractivity contribution < 1.29 is 9.59 Å². The van der Waals surface area contributed by atoms with Gasteiger partial charge in [0.1, 0.15) is 0 Å². The molecule has 0 radical (unpaired) electrons. The van der Waals surface area contributed by atoms with Crippen molar-refractivity contribution in [2.75, 3.05) is 19.6 Å². The smallest absolute Gasteiger partial charge is 0.250 e. The normalized spacial score (nSPS) is 19.6. The summed E-state index contributed by atoms with van der Waals surface area (Å²) in [6, 6.07) is 12.3. The number of nitrogens with zero attached hydrogens (tertiary/aromatic N) is 3. The summed E-state index contributed by atoms with van der Waals surface area (Å²) in [5, 5.41) is 7.47. The van der Waals surface area contributed by atoms with E-state index < -0.39 is 0 Å². The van der Waals surface area contributed by atoms with Gasteiger partial charge in [-0.15, -0.1) is 0 Å². The third-order valence-corrected chi connectivity index (χ3v) is 7.79. The van der Waals surface area contributed by atoms with Crippen LogP contribution in [0, 0.1) is 5.92 Å². The molecule has 1 aromatic carbocycles. The number of amides is 2. The molecule has 0 spiro atoms. The highest BCUT2D eigenvalue weighted by Gasteiger charge is 2.40. The average Bonchev–Trinajstić information content (AvgIpc) is 3.69. The summed E-state index contributed by atoms with van der Waals surface area (Å²) in [5.41, 5.74) is 3.24. The van der Waals surface area contributed by atoms with Gasteiger partial charge in [0.05, 0.1) is 5.92 Å². The van der Waals surface area contributed by atoms with Gasteiger partial charge in [0.2, 0.25) is 11.8 Å². The Morgan fingerprint density at radius 3 is 2.73 bits per heavy atom. The van der Waals surface area contributed by atoms with E-state index >= 15 is 0 Å². The summed E-state index contributed by atoms with van der Waals surface area (Å²) in [6.07, 6.45) is 7.75. The van der Waals surface area contributed by atoms with Crippen molar-refractivity contribution in [1.29, 1.82) is 0 Å². The largest absolute Gasteiger partial charge is 0.356 e. The van der Waals surface area contributed by atoms with E-state index in [0.29, 0.717) is 19.6 Å². The van der Waals surface area contributed by atoms with Gasteiger partial charge < -0.3 is 24.7 Å². The molecule has 2 aromatic heterocycles. The fraction of sp³-hybridized carbons (Fsp3) is 0.483. The zero-order valence-corrected chi connectivity index (χ0v) is 21.8. The second-order valence-electron chi connectivity index (χ2n) is 10.5. The molecule has 8 heteroatoms. The number of piperidine rings is 1. The molecule has 2 atom stereocenters. The van der Waals surface area contributed by atoms with Crippen molar-refractivity contribution in [3.05, 3.63) is 70.3 Å². The van der Waals surface area contributed by atoms with Crippen molar-refractivity contribution in [3.63, 3.8) is 0 Å². The minimum Gasteiger partial charge on any atom is -0.356 e. The molecule has 3 heterocycles. The van der Waals surface area contributed by atoms with Crippen LogP contribution in [0.15, 0.2) is 53.6 Å². The van der Waals surface area contributed by atoms with Crippen LogP contribution in [0.2, 0.25) is 0 Å². The maximum atomic E-state index is 14.1. The van der Waals surface area contributed by atoms with Crippen LogP contribution in [0.3, 0.4) is 0 Å². The van der Waals surface area contributed by atoms with Gasteiger partial charge in [-0.3, -0.25) is 14.4 Å². The number of carbonyl (C=O) groups is 2. The third kappa shape index (κ3) is 5.64. The van der Waals surface area contributed by atoms with Crippen molar-refractivity contribution >= 4 is 22.7 Å². The van der Waals surface area contributed by atoms with Crippen LogP contribution in [0.1, 0.15) is 49.7 Å². The van der Waals surface area contributed by atoms with Gasteiger partial charge in [-0.05, 0) is 61.4 Å². The van der Waals surface area contributed by atoms with Crippen LogP contribution in [0.25, 0.3) is 10.9 Å². The monoisotopic (exact) mass is 503 g/mol. The first-order valence-corrected chi connectivity index (χ1v) is 13.4. The van der Waals surface area contributed by atoms with E-state index in [0.717, 1.165) is 55.4 Å². The van der Waals surface area contributed by atoms with Crippen LogP contribution < -0.4 is 16.2 Å². The van der Waals surface area contributed by atoms with Gasteiger partial charge in [0, 0.05) is 75.6 Å². The maximum Gasteiger partial charge on any atom is 0.250 e. The molecule has 1 saturated carbocycles. The van der Waals surface area contributed by atoms with Gasteiger partial charge >= 0.3 is 0 Å². The van der Waals surface area contributed by atoms with Crippen LogP contribution >= 0.6 is 0 Å². The standard InChI is InChI=1S/C29H37N5O3/c1-20(35)31-12-5-14-33-18-22(25-6-3-4-7-27(25)33)19-34(23-8-9-23)29(37)26-17-30-13-10-24(26)21-11-15-32(2)28(36)16-21/h3-4,6-7,11,15-16,18,23-24,26,30H,5,8-10,12-14,17,19H2,1-2H3,(H,31,35)/t24?,26-/m0/s1. The molecule has 37 heavy (non-hydrogen) atoms. The van der Waals surface area contributed by atoms with Gasteiger partial charge in [-0.1, -0.05) is 18.2 Å². The molecule has 0 bridgehead atoms. The quantitative estimate of drug-likeness (QED) is 0.440. The number of hydrogen-bond donors (Lipinski definition) is 2. The fourth-order valence-corrected chi connectivity index (χ4v) is 5.63. The molecular formula is C29H37N5O3. The number of hydrogen-bond acceptors (Lipinski definition) is 4. The molecule has 2 fully saturated rings. The molecule has 2 amide bonds. The average molecular weight is 504 g/mol. The summed E-state index contributed by atoms with van der Waals surface area (Å²) in [7, 11) is 1.75. The first-order valence-electron chi connectivity index (χ1n) is 13.4. The Morgan fingerprint density at radius 1 is 1.16 bits per heavy atom. The summed E-state index contributed by atoms with van der Waals surface area (Å²) >= 11 is 0. The molecular weight excluding hydrogens is 466 g/mol. The Morgan fingerprint density at radius 2 is 1.97 bits per heavy atom. The van der Waals surface area contributed by atoms with E-state index in [-0.39, 0.29) is 35.3 Å². The zero-order valence-electron chi connectivity index (χ0n) is 21.8. The fourth-order valence-electron chi connectivity index (χ4n) is 5.63. The first kappa shape index (κ1) is 25.3. The topological polar surface area (TPSA) is 88.4 Å². The van der Waals surface area contributed by atoms with Crippen LogP contribution in [0.4, 0.5) is 0 Å². The highest BCUT2D eigenvalue weighted by molar-refractivity contribution is 5.85. The molecule has 1 saturated heterocycles. The first-order chi connectivity index (χ1) is 17.9. The predicted octanol–water partition coefficient (Wildman–Crippen LogP) is 2.75. The second kappa shape index (κ2) is 10.9. The molecule has 3 aromatic rings.